The second-order valence-electron chi connectivity index (χ2n) is 8.35. The van der Waals surface area contributed by atoms with Crippen LogP contribution in [0, 0.1) is 11.3 Å². The number of nitrogens with one attached hydrogen (secondary N) is 1. The van der Waals surface area contributed by atoms with Gasteiger partial charge in [-0.3, -0.25) is 19.5 Å². The lowest BCUT2D eigenvalue weighted by Gasteiger charge is -2.23. The van der Waals surface area contributed by atoms with Crippen LogP contribution in [0.2, 0.25) is 0 Å². The number of benzene rings is 1. The zero-order valence-electron chi connectivity index (χ0n) is 19.5. The molecule has 1 aliphatic heterocycles. The fraction of sp³-hybridized carbons (Fsp3) is 0.400. The van der Waals surface area contributed by atoms with Crippen LogP contribution in [0.15, 0.2) is 36.5 Å². The molecule has 0 saturated carbocycles. The maximum atomic E-state index is 13.1. The molecule has 9 nitrogen and oxygen atoms in total. The van der Waals surface area contributed by atoms with Gasteiger partial charge in [0.1, 0.15) is 5.52 Å². The molecule has 34 heavy (non-hydrogen) atoms. The molecule has 176 valence electrons. The molecule has 1 atom stereocenters. The van der Waals surface area contributed by atoms with Gasteiger partial charge in [-0.25, -0.2) is 9.97 Å². The summed E-state index contributed by atoms with van der Waals surface area (Å²) in [7, 11) is 1.63. The van der Waals surface area contributed by atoms with Crippen molar-refractivity contribution in [3.05, 3.63) is 53.2 Å². The number of rotatable bonds is 8. The second kappa shape index (κ2) is 10.4. The summed E-state index contributed by atoms with van der Waals surface area (Å²) in [6, 6.07) is 10.5. The van der Waals surface area contributed by atoms with Crippen LogP contribution in [0.5, 0.6) is 0 Å². The van der Waals surface area contributed by atoms with Crippen LogP contribution < -0.4 is 5.32 Å². The Bertz CT molecular complexity index is 1250. The van der Waals surface area contributed by atoms with Gasteiger partial charge in [-0.2, -0.15) is 5.26 Å². The number of anilines is 1. The van der Waals surface area contributed by atoms with E-state index >= 15 is 0 Å². The molecule has 0 bridgehead atoms. The summed E-state index contributed by atoms with van der Waals surface area (Å²) in [6.45, 7) is 3.92. The molecule has 3 heterocycles. The van der Waals surface area contributed by atoms with E-state index in [1.807, 2.05) is 15.5 Å². The van der Waals surface area contributed by atoms with Crippen LogP contribution in [0.3, 0.4) is 0 Å². The monoisotopic (exact) mass is 460 g/mol. The molecule has 0 aliphatic carbocycles. The molecule has 1 aliphatic rings. The van der Waals surface area contributed by atoms with Crippen molar-refractivity contribution in [2.45, 2.75) is 45.2 Å². The van der Waals surface area contributed by atoms with Gasteiger partial charge in [-0.15, -0.1) is 0 Å². The number of pyridine rings is 1. The van der Waals surface area contributed by atoms with E-state index in [0.29, 0.717) is 53.4 Å². The number of hydrogen-bond acceptors (Lipinski definition) is 6. The average molecular weight is 461 g/mol. The molecule has 0 radical (unpaired) electrons. The van der Waals surface area contributed by atoms with E-state index in [0.717, 1.165) is 25.8 Å². The van der Waals surface area contributed by atoms with Crippen molar-refractivity contribution in [2.24, 2.45) is 0 Å². The predicted octanol–water partition coefficient (Wildman–Crippen LogP) is 3.61. The number of methoxy groups -OCH3 is 1. The van der Waals surface area contributed by atoms with E-state index in [1.54, 1.807) is 37.6 Å². The summed E-state index contributed by atoms with van der Waals surface area (Å²) in [4.78, 5) is 37.1. The molecule has 2 amide bonds. The highest BCUT2D eigenvalue weighted by Gasteiger charge is 2.28. The van der Waals surface area contributed by atoms with Crippen molar-refractivity contribution in [3.63, 3.8) is 0 Å². The van der Waals surface area contributed by atoms with E-state index < -0.39 is 0 Å². The Hall–Kier alpha value is -3.77. The molecule has 0 spiro atoms. The Morgan fingerprint density at radius 3 is 2.91 bits per heavy atom. The quantitative estimate of drug-likeness (QED) is 0.514. The van der Waals surface area contributed by atoms with Gasteiger partial charge in [-0.1, -0.05) is 13.0 Å². The zero-order chi connectivity index (χ0) is 24.1. The molecule has 2 aromatic heterocycles. The number of likely N-dealkylation sites (tertiary alicyclic amines) is 1. The molecule has 1 aromatic carbocycles. The number of fused-ring (bicyclic) bond motifs is 1. The first-order valence-electron chi connectivity index (χ1n) is 11.5. The normalized spacial score (nSPS) is 15.4. The van der Waals surface area contributed by atoms with E-state index in [1.165, 1.54) is 6.07 Å². The highest BCUT2D eigenvalue weighted by molar-refractivity contribution is 6.04. The van der Waals surface area contributed by atoms with Gasteiger partial charge in [0.25, 0.3) is 11.8 Å². The molecule has 1 fully saturated rings. The molecule has 1 unspecified atom stereocenters. The van der Waals surface area contributed by atoms with Gasteiger partial charge in [0.05, 0.1) is 17.2 Å². The van der Waals surface area contributed by atoms with Crippen molar-refractivity contribution in [2.75, 3.05) is 25.6 Å². The summed E-state index contributed by atoms with van der Waals surface area (Å²) in [5, 5.41) is 12.0. The molecule has 1 saturated heterocycles. The summed E-state index contributed by atoms with van der Waals surface area (Å²) in [6.07, 6.45) is 5.25. The summed E-state index contributed by atoms with van der Waals surface area (Å²) in [5.41, 5.74) is 2.38. The first-order chi connectivity index (χ1) is 16.5. The minimum atomic E-state index is -0.375. The average Bonchev–Trinajstić information content (AvgIpc) is 3.48. The number of imidazole rings is 1. The van der Waals surface area contributed by atoms with Gasteiger partial charge < -0.3 is 9.64 Å². The molecule has 1 N–H and O–H groups in total. The summed E-state index contributed by atoms with van der Waals surface area (Å²) in [5.74, 6) is -0.0747. The number of carbonyl (C=O) groups excluding carboxylic acids is 2. The SMILES string of the molecule is CCC1CCCN1C(=O)c1cnc2c(c1)nc(NC(=O)c1cccc(C#N)c1)n2CCCOC. The van der Waals surface area contributed by atoms with Gasteiger partial charge in [-0.05, 0) is 49.9 Å². The maximum absolute atomic E-state index is 13.1. The number of nitriles is 1. The minimum absolute atomic E-state index is 0.0356. The topological polar surface area (TPSA) is 113 Å². The van der Waals surface area contributed by atoms with Crippen molar-refractivity contribution in [1.82, 2.24) is 19.4 Å². The highest BCUT2D eigenvalue weighted by atomic mass is 16.5. The lowest BCUT2D eigenvalue weighted by Crippen LogP contribution is -2.35. The molecular weight excluding hydrogens is 432 g/mol. The Labute approximate surface area is 198 Å². The van der Waals surface area contributed by atoms with E-state index in [9.17, 15) is 9.59 Å². The third kappa shape index (κ3) is 4.77. The number of aromatic nitrogens is 3. The van der Waals surface area contributed by atoms with Crippen LogP contribution in [-0.2, 0) is 11.3 Å². The summed E-state index contributed by atoms with van der Waals surface area (Å²) >= 11 is 0. The smallest absolute Gasteiger partial charge is 0.258 e. The zero-order valence-corrected chi connectivity index (χ0v) is 19.5. The van der Waals surface area contributed by atoms with Gasteiger partial charge in [0, 0.05) is 44.6 Å². The first kappa shape index (κ1) is 23.4. The second-order valence-corrected chi connectivity index (χ2v) is 8.35. The first-order valence-corrected chi connectivity index (χ1v) is 11.5. The lowest BCUT2D eigenvalue weighted by atomic mass is 10.1. The van der Waals surface area contributed by atoms with Crippen LogP contribution in [0.4, 0.5) is 5.95 Å². The Morgan fingerprint density at radius 2 is 2.15 bits per heavy atom. The number of nitrogens with zero attached hydrogens (tertiary/aromatic N) is 5. The van der Waals surface area contributed by atoms with Crippen LogP contribution in [-0.4, -0.2) is 57.6 Å². The van der Waals surface area contributed by atoms with Gasteiger partial charge in [0.2, 0.25) is 5.95 Å². The number of aryl methyl sites for hydroxylation is 1. The van der Waals surface area contributed by atoms with E-state index in [2.05, 4.69) is 22.2 Å². The highest BCUT2D eigenvalue weighted by Crippen LogP contribution is 2.25. The number of carbonyl (C=O) groups is 2. The van der Waals surface area contributed by atoms with Crippen LogP contribution in [0.1, 0.15) is 58.9 Å². The van der Waals surface area contributed by atoms with Crippen LogP contribution >= 0.6 is 0 Å². The molecule has 9 heteroatoms. The standard InChI is InChI=1S/C25H28N6O3/c1-3-20-9-5-10-30(20)24(33)19-14-21-22(27-16-19)31(11-6-12-34-2)25(28-21)29-23(32)18-8-4-7-17(13-18)15-26/h4,7-8,13-14,16,20H,3,5-6,9-12H2,1-2H3,(H,28,29,32). The van der Waals surface area contributed by atoms with Crippen LogP contribution in [0.25, 0.3) is 11.2 Å². The van der Waals surface area contributed by atoms with Gasteiger partial charge in [0.15, 0.2) is 5.65 Å². The third-order valence-corrected chi connectivity index (χ3v) is 6.15. The van der Waals surface area contributed by atoms with E-state index in [-0.39, 0.29) is 17.9 Å². The fourth-order valence-electron chi connectivity index (χ4n) is 4.40. The van der Waals surface area contributed by atoms with Gasteiger partial charge >= 0.3 is 0 Å². The lowest BCUT2D eigenvalue weighted by molar-refractivity contribution is 0.0733. The van der Waals surface area contributed by atoms with Crippen molar-refractivity contribution in [1.29, 1.82) is 5.26 Å². The number of ether oxygens (including phenoxy) is 1. The Kier molecular flexibility index (Phi) is 7.18. The summed E-state index contributed by atoms with van der Waals surface area (Å²) < 4.78 is 6.99. The van der Waals surface area contributed by atoms with Crippen molar-refractivity contribution in [3.8, 4) is 6.07 Å². The number of amides is 2. The largest absolute Gasteiger partial charge is 0.385 e. The fourth-order valence-corrected chi connectivity index (χ4v) is 4.40. The number of hydrogen-bond donors (Lipinski definition) is 1. The molecular formula is C25H28N6O3. The predicted molar refractivity (Wildman–Crippen MR) is 127 cm³/mol. The molecule has 4 rings (SSSR count). The van der Waals surface area contributed by atoms with E-state index in [4.69, 9.17) is 10.00 Å². The Balaban J connectivity index is 1.65. The maximum Gasteiger partial charge on any atom is 0.258 e. The third-order valence-electron chi connectivity index (χ3n) is 6.15. The minimum Gasteiger partial charge on any atom is -0.385 e. The van der Waals surface area contributed by atoms with Crippen molar-refractivity contribution < 1.29 is 14.3 Å². The Morgan fingerprint density at radius 1 is 1.29 bits per heavy atom. The van der Waals surface area contributed by atoms with Crippen molar-refractivity contribution >= 4 is 28.9 Å². The molecule has 3 aromatic rings.